The van der Waals surface area contributed by atoms with Crippen LogP contribution in [0, 0.1) is 6.92 Å². The molecule has 1 amide bonds. The van der Waals surface area contributed by atoms with Gasteiger partial charge >= 0.3 is 0 Å². The molecule has 86 valence electrons. The highest BCUT2D eigenvalue weighted by molar-refractivity contribution is 9.10. The molecule has 0 N–H and O–H groups in total. The summed E-state index contributed by atoms with van der Waals surface area (Å²) < 4.78 is 0.968. The van der Waals surface area contributed by atoms with Gasteiger partial charge in [-0.2, -0.15) is 5.10 Å². The van der Waals surface area contributed by atoms with Gasteiger partial charge in [0.15, 0.2) is 0 Å². The molecule has 0 aromatic heterocycles. The predicted molar refractivity (Wildman–Crippen MR) is 69.6 cm³/mol. The first-order valence-corrected chi connectivity index (χ1v) is 5.55. The number of anilines is 1. The number of hydrazone groups is 1. The summed E-state index contributed by atoms with van der Waals surface area (Å²) in [5, 5.41) is 5.64. The number of halogens is 1. The number of carbonyl (C=O) groups is 1. The smallest absolute Gasteiger partial charge is 0.219 e. The standard InChI is InChI=1S/C11H14BrN3O/c1-9-4-5-10(6-11(9)12)15(8-16)7-13-14(2)3/h4-8H,1-3H3/b13-7-. The lowest BCUT2D eigenvalue weighted by Gasteiger charge is -2.13. The van der Waals surface area contributed by atoms with E-state index in [1.54, 1.807) is 19.1 Å². The Morgan fingerprint density at radius 2 is 2.06 bits per heavy atom. The Morgan fingerprint density at radius 3 is 2.56 bits per heavy atom. The van der Waals surface area contributed by atoms with Crippen LogP contribution in [0.2, 0.25) is 0 Å². The highest BCUT2D eigenvalue weighted by Gasteiger charge is 2.04. The molecule has 0 spiro atoms. The number of aryl methyl sites for hydroxylation is 1. The van der Waals surface area contributed by atoms with E-state index in [4.69, 9.17) is 0 Å². The van der Waals surface area contributed by atoms with Gasteiger partial charge in [-0.1, -0.05) is 22.0 Å². The van der Waals surface area contributed by atoms with Gasteiger partial charge in [0.25, 0.3) is 0 Å². The second-order valence-corrected chi connectivity index (χ2v) is 4.38. The molecule has 0 bridgehead atoms. The van der Waals surface area contributed by atoms with Gasteiger partial charge < -0.3 is 5.01 Å². The van der Waals surface area contributed by atoms with Crippen molar-refractivity contribution in [2.75, 3.05) is 19.0 Å². The number of rotatable bonds is 4. The summed E-state index contributed by atoms with van der Waals surface area (Å²) in [7, 11) is 3.59. The molecule has 0 aliphatic carbocycles. The van der Waals surface area contributed by atoms with E-state index in [0.29, 0.717) is 0 Å². The Labute approximate surface area is 104 Å². The summed E-state index contributed by atoms with van der Waals surface area (Å²) >= 11 is 3.43. The van der Waals surface area contributed by atoms with Crippen molar-refractivity contribution >= 4 is 34.4 Å². The summed E-state index contributed by atoms with van der Waals surface area (Å²) in [6.07, 6.45) is 2.20. The molecule has 1 aromatic rings. The SMILES string of the molecule is Cc1ccc(N(C=O)/C=N\N(C)C)cc1Br. The molecule has 5 heteroatoms. The first kappa shape index (κ1) is 12.7. The Balaban J connectivity index is 2.95. The zero-order chi connectivity index (χ0) is 12.1. The summed E-state index contributed by atoms with van der Waals surface area (Å²) in [5.41, 5.74) is 1.90. The Hall–Kier alpha value is -1.36. The van der Waals surface area contributed by atoms with E-state index in [0.717, 1.165) is 22.1 Å². The molecule has 0 fully saturated rings. The van der Waals surface area contributed by atoms with Crippen LogP contribution in [0.15, 0.2) is 27.8 Å². The van der Waals surface area contributed by atoms with Crippen molar-refractivity contribution in [3.63, 3.8) is 0 Å². The van der Waals surface area contributed by atoms with Crippen LogP contribution in [0.25, 0.3) is 0 Å². The van der Waals surface area contributed by atoms with E-state index in [1.165, 1.54) is 11.2 Å². The van der Waals surface area contributed by atoms with Crippen LogP contribution in [0.3, 0.4) is 0 Å². The molecule has 16 heavy (non-hydrogen) atoms. The van der Waals surface area contributed by atoms with E-state index in [2.05, 4.69) is 21.0 Å². The largest absolute Gasteiger partial charge is 0.302 e. The predicted octanol–water partition coefficient (Wildman–Crippen LogP) is 2.23. The number of nitrogens with zero attached hydrogens (tertiary/aromatic N) is 3. The minimum absolute atomic E-state index is 0.726. The third-order valence-corrected chi connectivity index (χ3v) is 2.83. The number of carbonyl (C=O) groups excluding carboxylic acids is 1. The van der Waals surface area contributed by atoms with Gasteiger partial charge in [-0.05, 0) is 24.6 Å². The van der Waals surface area contributed by atoms with Crippen molar-refractivity contribution in [2.24, 2.45) is 5.10 Å². The fraction of sp³-hybridized carbons (Fsp3) is 0.273. The summed E-state index contributed by atoms with van der Waals surface area (Å²) in [6.45, 7) is 1.99. The number of hydrogen-bond donors (Lipinski definition) is 0. The van der Waals surface area contributed by atoms with Gasteiger partial charge in [-0.15, -0.1) is 0 Å². The van der Waals surface area contributed by atoms with Crippen molar-refractivity contribution in [1.29, 1.82) is 0 Å². The minimum Gasteiger partial charge on any atom is -0.302 e. The van der Waals surface area contributed by atoms with Gasteiger partial charge in [-0.25, -0.2) is 0 Å². The van der Waals surface area contributed by atoms with Crippen LogP contribution in [0.1, 0.15) is 5.56 Å². The summed E-state index contributed by atoms with van der Waals surface area (Å²) in [4.78, 5) is 12.3. The molecule has 0 unspecified atom stereocenters. The minimum atomic E-state index is 0.726. The van der Waals surface area contributed by atoms with Crippen molar-refractivity contribution < 1.29 is 4.79 Å². The lowest BCUT2D eigenvalue weighted by Crippen LogP contribution is -2.20. The van der Waals surface area contributed by atoms with Gasteiger partial charge in [0.1, 0.15) is 6.34 Å². The van der Waals surface area contributed by atoms with E-state index >= 15 is 0 Å². The number of benzene rings is 1. The van der Waals surface area contributed by atoms with Crippen LogP contribution < -0.4 is 4.90 Å². The monoisotopic (exact) mass is 283 g/mol. The van der Waals surface area contributed by atoms with E-state index in [1.807, 2.05) is 25.1 Å². The average molecular weight is 284 g/mol. The van der Waals surface area contributed by atoms with E-state index in [-0.39, 0.29) is 0 Å². The highest BCUT2D eigenvalue weighted by Crippen LogP contribution is 2.22. The fourth-order valence-electron chi connectivity index (χ4n) is 1.06. The zero-order valence-electron chi connectivity index (χ0n) is 9.51. The topological polar surface area (TPSA) is 35.9 Å². The molecule has 0 heterocycles. The average Bonchev–Trinajstić information content (AvgIpc) is 2.23. The molecule has 0 saturated heterocycles. The third kappa shape index (κ3) is 3.34. The molecule has 0 aliphatic heterocycles. The van der Waals surface area contributed by atoms with Gasteiger partial charge in [0.2, 0.25) is 6.41 Å². The molecule has 0 atom stereocenters. The zero-order valence-corrected chi connectivity index (χ0v) is 11.1. The lowest BCUT2D eigenvalue weighted by molar-refractivity contribution is -0.106. The Bertz CT molecular complexity index is 404. The van der Waals surface area contributed by atoms with Crippen molar-refractivity contribution in [3.8, 4) is 0 Å². The molecular weight excluding hydrogens is 270 g/mol. The molecule has 0 aliphatic rings. The van der Waals surface area contributed by atoms with Crippen molar-refractivity contribution in [1.82, 2.24) is 5.01 Å². The van der Waals surface area contributed by atoms with Gasteiger partial charge in [-0.3, -0.25) is 9.69 Å². The van der Waals surface area contributed by atoms with Crippen LogP contribution >= 0.6 is 15.9 Å². The molecular formula is C11H14BrN3O. The Kier molecular flexibility index (Phi) is 4.49. The fourth-order valence-corrected chi connectivity index (χ4v) is 1.42. The molecule has 4 nitrogen and oxygen atoms in total. The summed E-state index contributed by atoms with van der Waals surface area (Å²) in [6, 6.07) is 5.70. The third-order valence-electron chi connectivity index (χ3n) is 1.97. The maximum atomic E-state index is 10.9. The first-order valence-electron chi connectivity index (χ1n) is 4.76. The molecule has 0 radical (unpaired) electrons. The quantitative estimate of drug-likeness (QED) is 0.368. The van der Waals surface area contributed by atoms with Gasteiger partial charge in [0.05, 0.1) is 5.69 Å². The normalized spacial score (nSPS) is 10.5. The molecule has 1 aromatic carbocycles. The highest BCUT2D eigenvalue weighted by atomic mass is 79.9. The number of hydrogen-bond acceptors (Lipinski definition) is 3. The van der Waals surface area contributed by atoms with E-state index in [9.17, 15) is 4.79 Å². The maximum Gasteiger partial charge on any atom is 0.219 e. The van der Waals surface area contributed by atoms with Crippen LogP contribution in [0.5, 0.6) is 0 Å². The van der Waals surface area contributed by atoms with E-state index < -0.39 is 0 Å². The van der Waals surface area contributed by atoms with Crippen LogP contribution in [-0.4, -0.2) is 31.9 Å². The van der Waals surface area contributed by atoms with Crippen molar-refractivity contribution in [2.45, 2.75) is 6.92 Å². The second-order valence-electron chi connectivity index (χ2n) is 3.52. The lowest BCUT2D eigenvalue weighted by atomic mass is 10.2. The maximum absolute atomic E-state index is 10.9. The molecule has 0 saturated carbocycles. The first-order chi connectivity index (χ1) is 7.54. The van der Waals surface area contributed by atoms with Gasteiger partial charge in [0, 0.05) is 18.6 Å². The number of amides is 1. The van der Waals surface area contributed by atoms with Crippen molar-refractivity contribution in [3.05, 3.63) is 28.2 Å². The van der Waals surface area contributed by atoms with Crippen LogP contribution in [0.4, 0.5) is 5.69 Å². The summed E-state index contributed by atoms with van der Waals surface area (Å²) in [5.74, 6) is 0. The van der Waals surface area contributed by atoms with Crippen LogP contribution in [-0.2, 0) is 4.79 Å². The second kappa shape index (κ2) is 5.65. The molecule has 1 rings (SSSR count). The Morgan fingerprint density at radius 1 is 1.38 bits per heavy atom.